The van der Waals surface area contributed by atoms with Crippen molar-refractivity contribution in [1.82, 2.24) is 10.6 Å². The number of hydrogen-bond donors (Lipinski definition) is 3. The molecule has 0 fully saturated rings. The van der Waals surface area contributed by atoms with Crippen LogP contribution in [0, 0.1) is 17.0 Å². The zero-order valence-electron chi connectivity index (χ0n) is 19.5. The van der Waals surface area contributed by atoms with E-state index in [-0.39, 0.29) is 24.3 Å². The number of aliphatic hydroxyl groups excluding tert-OH is 1. The van der Waals surface area contributed by atoms with E-state index in [0.29, 0.717) is 5.56 Å². The Labute approximate surface area is 198 Å². The highest BCUT2D eigenvalue weighted by atomic mass is 32.2. The van der Waals surface area contributed by atoms with Gasteiger partial charge in [-0.1, -0.05) is 32.9 Å². The van der Waals surface area contributed by atoms with Gasteiger partial charge in [0.05, 0.1) is 12.1 Å². The van der Waals surface area contributed by atoms with Crippen LogP contribution in [0.25, 0.3) is 5.70 Å². The molecule has 0 aromatic heterocycles. The average molecular weight is 475 g/mol. The fourth-order valence-corrected chi connectivity index (χ4v) is 4.93. The fraction of sp³-hybridized carbons (Fsp3) is 0.423. The van der Waals surface area contributed by atoms with Crippen LogP contribution in [0.15, 0.2) is 47.4 Å². The summed E-state index contributed by atoms with van der Waals surface area (Å²) in [4.78, 5) is 12.9. The highest BCUT2D eigenvalue weighted by molar-refractivity contribution is 7.99. The van der Waals surface area contributed by atoms with Crippen molar-refractivity contribution in [3.8, 4) is 0 Å². The van der Waals surface area contributed by atoms with Gasteiger partial charge in [-0.3, -0.25) is 4.79 Å². The quantitative estimate of drug-likeness (QED) is 0.519. The lowest BCUT2D eigenvalue weighted by Crippen LogP contribution is -2.48. The molecule has 7 heteroatoms. The molecular formula is C26H32F2N2O2S. The molecule has 4 nitrogen and oxygen atoms in total. The Balaban J connectivity index is 1.72. The second kappa shape index (κ2) is 10.7. The maximum atomic E-state index is 13.6. The molecule has 2 atom stereocenters. The van der Waals surface area contributed by atoms with Crippen LogP contribution in [-0.2, 0) is 17.6 Å². The third kappa shape index (κ3) is 7.57. The number of rotatable bonds is 8. The number of thioether (sulfide) groups is 1. The first-order valence-electron chi connectivity index (χ1n) is 11.1. The number of nitrogens with one attached hydrogen (secondary N) is 2. The Bertz CT molecular complexity index is 1010. The van der Waals surface area contributed by atoms with Gasteiger partial charge in [0.1, 0.15) is 11.6 Å². The van der Waals surface area contributed by atoms with Crippen molar-refractivity contribution in [2.75, 3.05) is 12.3 Å². The maximum Gasteiger partial charge on any atom is 0.217 e. The molecule has 0 radical (unpaired) electrons. The van der Waals surface area contributed by atoms with Crippen molar-refractivity contribution in [2.24, 2.45) is 5.41 Å². The molecule has 33 heavy (non-hydrogen) atoms. The van der Waals surface area contributed by atoms with Gasteiger partial charge in [0, 0.05) is 41.4 Å². The lowest BCUT2D eigenvalue weighted by molar-refractivity contribution is -0.120. The molecule has 178 valence electrons. The summed E-state index contributed by atoms with van der Waals surface area (Å²) < 4.78 is 27.2. The molecule has 0 saturated carbocycles. The number of hydrogen-bond acceptors (Lipinski definition) is 4. The minimum atomic E-state index is -0.961. The Hall–Kier alpha value is -2.38. The second-order valence-corrected chi connectivity index (χ2v) is 10.8. The van der Waals surface area contributed by atoms with E-state index in [1.165, 1.54) is 29.5 Å². The summed E-state index contributed by atoms with van der Waals surface area (Å²) in [5.74, 6) is -0.873. The first-order valence-corrected chi connectivity index (χ1v) is 12.1. The van der Waals surface area contributed by atoms with Crippen molar-refractivity contribution < 1.29 is 18.7 Å². The van der Waals surface area contributed by atoms with Crippen LogP contribution >= 0.6 is 11.8 Å². The van der Waals surface area contributed by atoms with Crippen LogP contribution in [0.5, 0.6) is 0 Å². The van der Waals surface area contributed by atoms with Crippen molar-refractivity contribution in [1.29, 1.82) is 0 Å². The van der Waals surface area contributed by atoms with Crippen LogP contribution in [0.2, 0.25) is 0 Å². The summed E-state index contributed by atoms with van der Waals surface area (Å²) in [6, 6.07) is 9.04. The molecule has 2 aromatic rings. The third-order valence-electron chi connectivity index (χ3n) is 5.33. The Kier molecular flexibility index (Phi) is 8.19. The number of halogens is 2. The van der Waals surface area contributed by atoms with Gasteiger partial charge in [0.25, 0.3) is 0 Å². The molecular weight excluding hydrogens is 442 g/mol. The van der Waals surface area contributed by atoms with E-state index >= 15 is 0 Å². The van der Waals surface area contributed by atoms with E-state index in [0.717, 1.165) is 29.5 Å². The van der Waals surface area contributed by atoms with Crippen molar-refractivity contribution in [2.45, 2.75) is 57.6 Å². The van der Waals surface area contributed by atoms with Gasteiger partial charge in [-0.05, 0) is 53.6 Å². The number of benzene rings is 2. The van der Waals surface area contributed by atoms with E-state index < -0.39 is 23.8 Å². The van der Waals surface area contributed by atoms with Gasteiger partial charge in [0.2, 0.25) is 5.91 Å². The van der Waals surface area contributed by atoms with E-state index in [1.807, 2.05) is 0 Å². The highest BCUT2D eigenvalue weighted by Gasteiger charge is 2.23. The van der Waals surface area contributed by atoms with Crippen molar-refractivity contribution in [3.05, 3.63) is 70.8 Å². The fourth-order valence-electron chi connectivity index (χ4n) is 4.01. The third-order valence-corrected chi connectivity index (χ3v) is 6.33. The van der Waals surface area contributed by atoms with Crippen LogP contribution in [0.1, 0.15) is 44.4 Å². The van der Waals surface area contributed by atoms with Gasteiger partial charge in [-0.15, -0.1) is 11.8 Å². The SMILES string of the molecule is CC(=O)NC(Cc1cc(F)cc(F)c1)C(O)CNC1=CCSc2ccc(CC(C)(C)C)cc21. The van der Waals surface area contributed by atoms with Gasteiger partial charge < -0.3 is 15.7 Å². The van der Waals surface area contributed by atoms with Gasteiger partial charge >= 0.3 is 0 Å². The summed E-state index contributed by atoms with van der Waals surface area (Å²) in [6.45, 7) is 8.16. The summed E-state index contributed by atoms with van der Waals surface area (Å²) in [5.41, 5.74) is 3.84. The van der Waals surface area contributed by atoms with Gasteiger partial charge in [-0.2, -0.15) is 0 Å². The Morgan fingerprint density at radius 1 is 1.12 bits per heavy atom. The predicted octanol–water partition coefficient (Wildman–Crippen LogP) is 4.70. The van der Waals surface area contributed by atoms with E-state index in [2.05, 4.69) is 55.7 Å². The summed E-state index contributed by atoms with van der Waals surface area (Å²) in [6.07, 6.45) is 2.20. The van der Waals surface area contributed by atoms with Crippen molar-refractivity contribution in [3.63, 3.8) is 0 Å². The van der Waals surface area contributed by atoms with E-state index in [4.69, 9.17) is 0 Å². The standard InChI is InChI=1S/C26H32F2N2O2S/c1-16(31)30-23(12-18-9-19(27)13-20(28)10-18)24(32)15-29-22-7-8-33-25-6-5-17(11-21(22)25)14-26(2,3)4/h5-7,9-11,13,23-24,29,32H,8,12,14-15H2,1-4H3,(H,30,31). The topological polar surface area (TPSA) is 61.4 Å². The number of carbonyl (C=O) groups excluding carboxylic acids is 1. The van der Waals surface area contributed by atoms with Crippen LogP contribution in [0.4, 0.5) is 8.78 Å². The highest BCUT2D eigenvalue weighted by Crippen LogP contribution is 2.34. The summed E-state index contributed by atoms with van der Waals surface area (Å²) >= 11 is 1.77. The number of aliphatic hydroxyl groups is 1. The Morgan fingerprint density at radius 2 is 1.82 bits per heavy atom. The lowest BCUT2D eigenvalue weighted by atomic mass is 9.87. The van der Waals surface area contributed by atoms with E-state index in [9.17, 15) is 18.7 Å². The minimum Gasteiger partial charge on any atom is -0.389 e. The zero-order valence-corrected chi connectivity index (χ0v) is 20.4. The summed E-state index contributed by atoms with van der Waals surface area (Å²) in [7, 11) is 0. The molecule has 3 rings (SSSR count). The number of carbonyl (C=O) groups is 1. The number of amides is 1. The first-order chi connectivity index (χ1) is 15.5. The van der Waals surface area contributed by atoms with Crippen molar-refractivity contribution >= 4 is 23.4 Å². The molecule has 0 aliphatic carbocycles. The molecule has 1 aliphatic heterocycles. The first kappa shape index (κ1) is 25.2. The molecule has 1 amide bonds. The normalized spacial score (nSPS) is 15.3. The van der Waals surface area contributed by atoms with Crippen LogP contribution in [0.3, 0.4) is 0 Å². The van der Waals surface area contributed by atoms with E-state index in [1.54, 1.807) is 11.8 Å². The van der Waals surface area contributed by atoms with Crippen LogP contribution in [-0.4, -0.2) is 35.5 Å². The zero-order chi connectivity index (χ0) is 24.2. The molecule has 2 aromatic carbocycles. The largest absolute Gasteiger partial charge is 0.389 e. The molecule has 2 unspecified atom stereocenters. The summed E-state index contributed by atoms with van der Waals surface area (Å²) in [5, 5.41) is 16.9. The van der Waals surface area contributed by atoms with Gasteiger partial charge in [0.15, 0.2) is 0 Å². The molecule has 1 heterocycles. The molecule has 1 aliphatic rings. The van der Waals surface area contributed by atoms with Crippen LogP contribution < -0.4 is 10.6 Å². The number of fused-ring (bicyclic) bond motifs is 1. The molecule has 3 N–H and O–H groups in total. The molecule has 0 saturated heterocycles. The average Bonchev–Trinajstić information content (AvgIpc) is 2.69. The Morgan fingerprint density at radius 3 is 2.45 bits per heavy atom. The maximum absolute atomic E-state index is 13.6. The second-order valence-electron chi connectivity index (χ2n) is 9.73. The minimum absolute atomic E-state index is 0.109. The smallest absolute Gasteiger partial charge is 0.217 e. The monoisotopic (exact) mass is 474 g/mol. The van der Waals surface area contributed by atoms with Gasteiger partial charge in [-0.25, -0.2) is 8.78 Å². The predicted molar refractivity (Wildman–Crippen MR) is 130 cm³/mol. The molecule has 0 bridgehead atoms. The lowest BCUT2D eigenvalue weighted by Gasteiger charge is -2.27. The molecule has 0 spiro atoms.